The van der Waals surface area contributed by atoms with E-state index in [4.69, 9.17) is 4.52 Å². The van der Waals surface area contributed by atoms with Crippen LogP contribution in [0, 0.1) is 13.8 Å². The van der Waals surface area contributed by atoms with Crippen molar-refractivity contribution in [2.45, 2.75) is 32.1 Å². The number of rotatable bonds is 3. The van der Waals surface area contributed by atoms with Gasteiger partial charge in [-0.3, -0.25) is 9.52 Å². The first-order valence-corrected chi connectivity index (χ1v) is 8.64. The number of amides is 1. The monoisotopic (exact) mass is 335 g/mol. The topological polar surface area (TPSA) is 92.5 Å². The predicted molar refractivity (Wildman–Crippen MR) is 85.0 cm³/mol. The predicted octanol–water partition coefficient (Wildman–Crippen LogP) is 2.00. The average molecular weight is 335 g/mol. The van der Waals surface area contributed by atoms with E-state index in [0.717, 1.165) is 17.7 Å². The molecule has 0 radical (unpaired) electrons. The van der Waals surface area contributed by atoms with Crippen LogP contribution in [0.25, 0.3) is 0 Å². The highest BCUT2D eigenvalue weighted by Gasteiger charge is 2.26. The van der Waals surface area contributed by atoms with Crippen LogP contribution in [-0.2, 0) is 21.2 Å². The molecule has 0 saturated heterocycles. The second-order valence-corrected chi connectivity index (χ2v) is 7.14. The van der Waals surface area contributed by atoms with Crippen molar-refractivity contribution in [1.82, 2.24) is 5.16 Å². The van der Waals surface area contributed by atoms with Gasteiger partial charge in [0.2, 0.25) is 5.91 Å². The minimum absolute atomic E-state index is 0.0430. The van der Waals surface area contributed by atoms with Gasteiger partial charge in [0.15, 0.2) is 10.7 Å². The van der Waals surface area contributed by atoms with Crippen LogP contribution in [0.5, 0.6) is 0 Å². The molecule has 3 rings (SSSR count). The first-order valence-electron chi connectivity index (χ1n) is 7.16. The Kier molecular flexibility index (Phi) is 3.63. The van der Waals surface area contributed by atoms with E-state index in [-0.39, 0.29) is 16.6 Å². The molecule has 8 heteroatoms. The fraction of sp³-hybridized carbons (Fsp3) is 0.333. The number of hydrogen-bond donors (Lipinski definition) is 1. The third-order valence-corrected chi connectivity index (χ3v) is 5.47. The van der Waals surface area contributed by atoms with Gasteiger partial charge >= 0.3 is 0 Å². The number of aromatic nitrogens is 1. The normalized spacial score (nSPS) is 14.0. The largest absolute Gasteiger partial charge is 0.360 e. The van der Waals surface area contributed by atoms with E-state index in [1.165, 1.54) is 6.92 Å². The summed E-state index contributed by atoms with van der Waals surface area (Å²) in [7, 11) is -3.80. The molecule has 1 aromatic carbocycles. The summed E-state index contributed by atoms with van der Waals surface area (Å²) in [4.78, 5) is 13.3. The van der Waals surface area contributed by atoms with Gasteiger partial charge in [0.25, 0.3) is 10.0 Å². The van der Waals surface area contributed by atoms with Crippen molar-refractivity contribution in [2.75, 3.05) is 16.2 Å². The molecule has 0 bridgehead atoms. The fourth-order valence-corrected chi connectivity index (χ4v) is 4.22. The number of anilines is 2. The Balaban J connectivity index is 1.96. The first-order chi connectivity index (χ1) is 10.8. The van der Waals surface area contributed by atoms with Crippen molar-refractivity contribution in [2.24, 2.45) is 0 Å². The molecule has 1 aliphatic rings. The maximum atomic E-state index is 12.5. The zero-order chi connectivity index (χ0) is 16.8. The van der Waals surface area contributed by atoms with Gasteiger partial charge in [0.1, 0.15) is 5.69 Å². The summed E-state index contributed by atoms with van der Waals surface area (Å²) in [5.74, 6) is 0.177. The second kappa shape index (κ2) is 5.38. The summed E-state index contributed by atoms with van der Waals surface area (Å²) in [6.45, 7) is 5.24. The highest BCUT2D eigenvalue weighted by atomic mass is 32.2. The zero-order valence-electron chi connectivity index (χ0n) is 13.1. The van der Waals surface area contributed by atoms with Crippen molar-refractivity contribution in [3.8, 4) is 0 Å². The summed E-state index contributed by atoms with van der Waals surface area (Å²) >= 11 is 0. The number of benzene rings is 1. The first kappa shape index (κ1) is 15.5. The lowest BCUT2D eigenvalue weighted by atomic mass is 10.1. The van der Waals surface area contributed by atoms with Gasteiger partial charge in [-0.1, -0.05) is 11.2 Å². The van der Waals surface area contributed by atoms with E-state index in [2.05, 4.69) is 9.88 Å². The summed E-state index contributed by atoms with van der Waals surface area (Å²) in [6, 6.07) is 5.21. The smallest absolute Gasteiger partial charge is 0.267 e. The van der Waals surface area contributed by atoms with Gasteiger partial charge in [-0.25, -0.2) is 8.42 Å². The van der Waals surface area contributed by atoms with Crippen molar-refractivity contribution in [3.05, 3.63) is 35.2 Å². The van der Waals surface area contributed by atoms with Gasteiger partial charge < -0.3 is 9.42 Å². The molecular formula is C15H17N3O4S. The highest BCUT2D eigenvalue weighted by molar-refractivity contribution is 7.92. The lowest BCUT2D eigenvalue weighted by molar-refractivity contribution is -0.116. The molecule has 0 spiro atoms. The van der Waals surface area contributed by atoms with E-state index in [9.17, 15) is 13.2 Å². The minimum Gasteiger partial charge on any atom is -0.360 e. The Morgan fingerprint density at radius 1 is 1.35 bits per heavy atom. The van der Waals surface area contributed by atoms with Crippen molar-refractivity contribution in [3.63, 3.8) is 0 Å². The Morgan fingerprint density at radius 3 is 2.70 bits per heavy atom. The van der Waals surface area contributed by atoms with E-state index < -0.39 is 10.0 Å². The van der Waals surface area contributed by atoms with E-state index in [1.54, 1.807) is 30.9 Å². The zero-order valence-corrected chi connectivity index (χ0v) is 13.9. The molecule has 0 saturated carbocycles. The highest BCUT2D eigenvalue weighted by Crippen LogP contribution is 2.32. The maximum absolute atomic E-state index is 12.5. The molecule has 7 nitrogen and oxygen atoms in total. The molecule has 0 unspecified atom stereocenters. The standard InChI is InChI=1S/C15H17N3O4S/c1-9-15(10(2)22-16-9)23(20,21)17-13-5-4-12-6-7-18(11(3)19)14(12)8-13/h4-5,8,17H,6-7H2,1-3H3. The van der Waals surface area contributed by atoms with Crippen LogP contribution in [0.1, 0.15) is 23.9 Å². The molecule has 0 fully saturated rings. The molecule has 0 atom stereocenters. The lowest BCUT2D eigenvalue weighted by Crippen LogP contribution is -2.25. The number of carbonyl (C=O) groups is 1. The Labute approximate surface area is 134 Å². The number of nitrogens with one attached hydrogen (secondary N) is 1. The summed E-state index contributed by atoms with van der Waals surface area (Å²) in [6.07, 6.45) is 0.770. The Bertz CT molecular complexity index is 867. The van der Waals surface area contributed by atoms with Crippen LogP contribution in [0.15, 0.2) is 27.6 Å². The fourth-order valence-electron chi connectivity index (χ4n) is 2.83. The van der Waals surface area contributed by atoms with Crippen LogP contribution in [0.3, 0.4) is 0 Å². The van der Waals surface area contributed by atoms with Crippen LogP contribution in [0.2, 0.25) is 0 Å². The third kappa shape index (κ3) is 2.70. The van der Waals surface area contributed by atoms with Gasteiger partial charge in [0.05, 0.1) is 5.69 Å². The SMILES string of the molecule is CC(=O)N1CCc2ccc(NS(=O)(=O)c3c(C)noc3C)cc21. The summed E-state index contributed by atoms with van der Waals surface area (Å²) < 4.78 is 32.5. The van der Waals surface area contributed by atoms with Crippen molar-refractivity contribution < 1.29 is 17.7 Å². The van der Waals surface area contributed by atoms with Crippen LogP contribution >= 0.6 is 0 Å². The van der Waals surface area contributed by atoms with Crippen LogP contribution in [0.4, 0.5) is 11.4 Å². The number of aryl methyl sites for hydroxylation is 2. The average Bonchev–Trinajstić information content (AvgIpc) is 3.01. The molecule has 2 heterocycles. The Morgan fingerprint density at radius 2 is 2.09 bits per heavy atom. The number of sulfonamides is 1. The summed E-state index contributed by atoms with van der Waals surface area (Å²) in [5, 5.41) is 3.67. The van der Waals surface area contributed by atoms with Crippen molar-refractivity contribution >= 4 is 27.3 Å². The van der Waals surface area contributed by atoms with Crippen molar-refractivity contribution in [1.29, 1.82) is 0 Å². The molecule has 0 aliphatic carbocycles. The number of nitrogens with zero attached hydrogens (tertiary/aromatic N) is 2. The van der Waals surface area contributed by atoms with Gasteiger partial charge in [-0.05, 0) is 38.0 Å². The summed E-state index contributed by atoms with van der Waals surface area (Å²) in [5.41, 5.74) is 2.48. The van der Waals surface area contributed by atoms with E-state index in [1.807, 2.05) is 6.07 Å². The van der Waals surface area contributed by atoms with Gasteiger partial charge in [0, 0.05) is 19.2 Å². The molecule has 1 N–H and O–H groups in total. The van der Waals surface area contributed by atoms with Crippen LogP contribution in [-0.4, -0.2) is 26.0 Å². The quantitative estimate of drug-likeness (QED) is 0.926. The third-order valence-electron chi connectivity index (χ3n) is 3.85. The molecule has 1 aromatic heterocycles. The minimum atomic E-state index is -3.80. The van der Waals surface area contributed by atoms with Gasteiger partial charge in [-0.2, -0.15) is 0 Å². The molecule has 1 aliphatic heterocycles. The van der Waals surface area contributed by atoms with Crippen LogP contribution < -0.4 is 9.62 Å². The molecule has 1 amide bonds. The number of hydrogen-bond acceptors (Lipinski definition) is 5. The number of fused-ring (bicyclic) bond motifs is 1. The maximum Gasteiger partial charge on any atom is 0.267 e. The molecule has 122 valence electrons. The van der Waals surface area contributed by atoms with E-state index in [0.29, 0.717) is 17.9 Å². The molecule has 23 heavy (non-hydrogen) atoms. The Hall–Kier alpha value is -2.35. The molecule has 2 aromatic rings. The second-order valence-electron chi connectivity index (χ2n) is 5.52. The van der Waals surface area contributed by atoms with E-state index >= 15 is 0 Å². The molecular weight excluding hydrogens is 318 g/mol. The lowest BCUT2D eigenvalue weighted by Gasteiger charge is -2.16. The number of carbonyl (C=O) groups excluding carboxylic acids is 1. The van der Waals surface area contributed by atoms with Gasteiger partial charge in [-0.15, -0.1) is 0 Å².